The van der Waals surface area contributed by atoms with Gasteiger partial charge in [-0.05, 0) is 56.0 Å². The highest BCUT2D eigenvalue weighted by atomic mass is 127. The van der Waals surface area contributed by atoms with Gasteiger partial charge in [-0.25, -0.2) is 4.99 Å². The summed E-state index contributed by atoms with van der Waals surface area (Å²) in [6.07, 6.45) is 4.60. The van der Waals surface area contributed by atoms with Crippen LogP contribution in [0, 0.1) is 0 Å². The minimum absolute atomic E-state index is 0. The summed E-state index contributed by atoms with van der Waals surface area (Å²) in [5.41, 5.74) is 2.69. The molecule has 0 aliphatic carbocycles. The molecule has 0 heterocycles. The molecule has 0 radical (unpaired) electrons. The van der Waals surface area contributed by atoms with E-state index < -0.39 is 0 Å². The molecule has 0 spiro atoms. The fourth-order valence-corrected chi connectivity index (χ4v) is 3.13. The molecule has 0 atom stereocenters. The van der Waals surface area contributed by atoms with Crippen molar-refractivity contribution in [3.05, 3.63) is 35.4 Å². The number of unbranched alkanes of at least 4 members (excludes halogenated alkanes) is 1. The Morgan fingerprint density at radius 2 is 1.73 bits per heavy atom. The number of nitrogens with zero attached hydrogens (tertiary/aromatic N) is 2. The fraction of sp³-hybridized carbons (Fsp3) is 0.650. The number of thioether (sulfide) groups is 1. The van der Waals surface area contributed by atoms with Crippen molar-refractivity contribution in [3.63, 3.8) is 0 Å². The highest BCUT2D eigenvalue weighted by Gasteiger charge is 2.06. The van der Waals surface area contributed by atoms with Gasteiger partial charge in [0, 0.05) is 19.6 Å². The highest BCUT2D eigenvalue weighted by Crippen LogP contribution is 2.13. The van der Waals surface area contributed by atoms with Crippen molar-refractivity contribution < 1.29 is 0 Å². The molecule has 6 heteroatoms. The van der Waals surface area contributed by atoms with Crippen LogP contribution in [0.2, 0.25) is 0 Å². The van der Waals surface area contributed by atoms with Gasteiger partial charge in [0.05, 0.1) is 6.54 Å². The summed E-state index contributed by atoms with van der Waals surface area (Å²) in [4.78, 5) is 7.23. The van der Waals surface area contributed by atoms with Gasteiger partial charge >= 0.3 is 0 Å². The molecular weight excluding hydrogens is 455 g/mol. The average Bonchev–Trinajstić information content (AvgIpc) is 2.64. The molecule has 1 aromatic rings. The predicted molar refractivity (Wildman–Crippen MR) is 129 cm³/mol. The molecule has 0 unspecified atom stereocenters. The molecule has 2 N–H and O–H groups in total. The molecule has 0 aliphatic rings. The lowest BCUT2D eigenvalue weighted by Crippen LogP contribution is -2.37. The van der Waals surface area contributed by atoms with Crippen LogP contribution in [-0.2, 0) is 13.1 Å². The van der Waals surface area contributed by atoms with Crippen LogP contribution in [0.3, 0.4) is 0 Å². The maximum absolute atomic E-state index is 4.79. The second-order valence-corrected chi connectivity index (χ2v) is 7.04. The monoisotopic (exact) mass is 492 g/mol. The van der Waals surface area contributed by atoms with Crippen molar-refractivity contribution in [2.45, 2.75) is 46.7 Å². The van der Waals surface area contributed by atoms with Crippen molar-refractivity contribution in [1.82, 2.24) is 15.5 Å². The Balaban J connectivity index is 0.00000625. The van der Waals surface area contributed by atoms with Gasteiger partial charge in [-0.1, -0.05) is 38.1 Å². The van der Waals surface area contributed by atoms with Crippen molar-refractivity contribution in [3.8, 4) is 0 Å². The third-order valence-electron chi connectivity index (χ3n) is 4.23. The number of halogens is 1. The van der Waals surface area contributed by atoms with Crippen molar-refractivity contribution in [2.75, 3.05) is 38.2 Å². The van der Waals surface area contributed by atoms with E-state index in [1.54, 1.807) is 0 Å². The smallest absolute Gasteiger partial charge is 0.191 e. The Bertz CT molecular complexity index is 492. The number of hydrogen-bond acceptors (Lipinski definition) is 3. The molecule has 0 fully saturated rings. The number of nitrogens with one attached hydrogen (secondary N) is 2. The van der Waals surface area contributed by atoms with E-state index in [4.69, 9.17) is 4.99 Å². The van der Waals surface area contributed by atoms with Crippen LogP contribution >= 0.6 is 35.7 Å². The van der Waals surface area contributed by atoms with E-state index in [1.165, 1.54) is 29.7 Å². The maximum atomic E-state index is 4.79. The molecule has 150 valence electrons. The van der Waals surface area contributed by atoms with Crippen LogP contribution < -0.4 is 10.6 Å². The zero-order valence-electron chi connectivity index (χ0n) is 16.9. The number of rotatable bonds is 12. The van der Waals surface area contributed by atoms with Crippen LogP contribution in [0.5, 0.6) is 0 Å². The van der Waals surface area contributed by atoms with Crippen molar-refractivity contribution in [2.24, 2.45) is 4.99 Å². The Morgan fingerprint density at radius 3 is 2.35 bits per heavy atom. The van der Waals surface area contributed by atoms with E-state index in [9.17, 15) is 0 Å². The lowest BCUT2D eigenvalue weighted by Gasteiger charge is -2.20. The Morgan fingerprint density at radius 1 is 1.04 bits per heavy atom. The lowest BCUT2D eigenvalue weighted by molar-refractivity contribution is 0.295. The first-order valence-electron chi connectivity index (χ1n) is 9.55. The fourth-order valence-electron chi connectivity index (χ4n) is 2.64. The van der Waals surface area contributed by atoms with Crippen LogP contribution in [0.1, 0.15) is 44.7 Å². The van der Waals surface area contributed by atoms with E-state index in [0.29, 0.717) is 0 Å². The zero-order valence-corrected chi connectivity index (χ0v) is 20.0. The molecule has 26 heavy (non-hydrogen) atoms. The van der Waals surface area contributed by atoms with Gasteiger partial charge < -0.3 is 10.6 Å². The van der Waals surface area contributed by atoms with Gasteiger partial charge in [0.2, 0.25) is 0 Å². The molecular formula is C20H37IN4S. The van der Waals surface area contributed by atoms with E-state index in [1.807, 2.05) is 11.8 Å². The molecule has 0 aliphatic heterocycles. The molecule has 0 amide bonds. The summed E-state index contributed by atoms with van der Waals surface area (Å²) in [7, 11) is 0. The summed E-state index contributed by atoms with van der Waals surface area (Å²) in [5.74, 6) is 2.15. The first kappa shape index (κ1) is 25.5. The molecule has 1 aromatic carbocycles. The van der Waals surface area contributed by atoms with Gasteiger partial charge in [-0.2, -0.15) is 11.8 Å². The Kier molecular flexibility index (Phi) is 16.4. The Hall–Kier alpha value is -0.470. The third-order valence-corrected chi connectivity index (χ3v) is 4.92. The number of aliphatic imine (C=N–C) groups is 1. The van der Waals surface area contributed by atoms with Gasteiger partial charge in [0.25, 0.3) is 0 Å². The zero-order chi connectivity index (χ0) is 18.3. The molecule has 4 nitrogen and oxygen atoms in total. The largest absolute Gasteiger partial charge is 0.357 e. The standard InChI is InChI=1S/C20H36N4S.HI/c1-5-21-20(22-14-10-11-15-25-4)23-16-18-12-8-9-13-19(18)17-24(6-2)7-3;/h8-9,12-13H,5-7,10-11,14-17H2,1-4H3,(H2,21,22,23);1H. The maximum Gasteiger partial charge on any atom is 0.191 e. The van der Waals surface area contributed by atoms with Crippen LogP contribution in [0.25, 0.3) is 0 Å². The first-order chi connectivity index (χ1) is 12.2. The topological polar surface area (TPSA) is 39.7 Å². The van der Waals surface area contributed by atoms with Crippen LogP contribution in [0.4, 0.5) is 0 Å². The second kappa shape index (κ2) is 16.7. The van der Waals surface area contributed by atoms with Crippen molar-refractivity contribution in [1.29, 1.82) is 0 Å². The number of benzene rings is 1. The normalized spacial score (nSPS) is 11.3. The summed E-state index contributed by atoms with van der Waals surface area (Å²) in [5, 5.41) is 6.80. The molecule has 0 saturated carbocycles. The first-order valence-corrected chi connectivity index (χ1v) is 10.9. The third kappa shape index (κ3) is 10.6. The SMILES string of the molecule is CCNC(=NCc1ccccc1CN(CC)CC)NCCCCSC.I. The summed E-state index contributed by atoms with van der Waals surface area (Å²) < 4.78 is 0. The van der Waals surface area contributed by atoms with Gasteiger partial charge in [0.1, 0.15) is 0 Å². The van der Waals surface area contributed by atoms with E-state index >= 15 is 0 Å². The number of hydrogen-bond donors (Lipinski definition) is 2. The van der Waals surface area contributed by atoms with Crippen LogP contribution in [-0.4, -0.2) is 49.0 Å². The predicted octanol–water partition coefficient (Wildman–Crippen LogP) is 4.34. The Labute approximate surface area is 182 Å². The van der Waals surface area contributed by atoms with E-state index in [2.05, 4.69) is 66.8 Å². The minimum atomic E-state index is 0. The van der Waals surface area contributed by atoms with Gasteiger partial charge in [-0.3, -0.25) is 4.90 Å². The molecule has 1 rings (SSSR count). The minimum Gasteiger partial charge on any atom is -0.357 e. The van der Waals surface area contributed by atoms with Crippen LogP contribution in [0.15, 0.2) is 29.3 Å². The van der Waals surface area contributed by atoms with Crippen molar-refractivity contribution >= 4 is 41.7 Å². The summed E-state index contributed by atoms with van der Waals surface area (Å²) in [6.45, 7) is 12.3. The second-order valence-electron chi connectivity index (χ2n) is 6.05. The highest BCUT2D eigenvalue weighted by molar-refractivity contribution is 14.0. The van der Waals surface area contributed by atoms with Gasteiger partial charge in [-0.15, -0.1) is 24.0 Å². The molecule has 0 bridgehead atoms. The summed E-state index contributed by atoms with van der Waals surface area (Å²) >= 11 is 1.91. The quantitative estimate of drug-likeness (QED) is 0.197. The van der Waals surface area contributed by atoms with E-state index in [0.717, 1.165) is 45.2 Å². The van der Waals surface area contributed by atoms with Gasteiger partial charge in [0.15, 0.2) is 5.96 Å². The number of guanidine groups is 1. The summed E-state index contributed by atoms with van der Waals surface area (Å²) in [6, 6.07) is 8.66. The average molecular weight is 493 g/mol. The lowest BCUT2D eigenvalue weighted by atomic mass is 10.1. The molecule has 0 saturated heterocycles. The molecule has 0 aromatic heterocycles. The van der Waals surface area contributed by atoms with E-state index in [-0.39, 0.29) is 24.0 Å².